The minimum absolute atomic E-state index is 0.212. The molecule has 0 saturated carbocycles. The van der Waals surface area contributed by atoms with Crippen LogP contribution >= 0.6 is 0 Å². The van der Waals surface area contributed by atoms with Gasteiger partial charge >= 0.3 is 0 Å². The summed E-state index contributed by atoms with van der Waals surface area (Å²) < 4.78 is 5.24. The maximum Gasteiger partial charge on any atom is 0.243 e. The Balaban J connectivity index is 2.24. The van der Waals surface area contributed by atoms with Crippen molar-refractivity contribution in [1.82, 2.24) is 10.1 Å². The maximum atomic E-state index is 9.78. The minimum atomic E-state index is -0.212. The summed E-state index contributed by atoms with van der Waals surface area (Å²) in [5, 5.41) is 13.8. The quantitative estimate of drug-likeness (QED) is 0.874. The molecule has 0 aliphatic carbocycles. The van der Waals surface area contributed by atoms with Gasteiger partial charge < -0.3 is 15.4 Å². The van der Waals surface area contributed by atoms with Gasteiger partial charge in [0.2, 0.25) is 11.7 Å². The van der Waals surface area contributed by atoms with Gasteiger partial charge in [-0.05, 0) is 43.5 Å². The van der Waals surface area contributed by atoms with Gasteiger partial charge in [0, 0.05) is 5.56 Å². The highest BCUT2D eigenvalue weighted by atomic mass is 16.5. The van der Waals surface area contributed by atoms with Gasteiger partial charge in [-0.25, -0.2) is 0 Å². The molecule has 0 aliphatic heterocycles. The van der Waals surface area contributed by atoms with Crippen LogP contribution in [0.25, 0.3) is 11.4 Å². The van der Waals surface area contributed by atoms with Crippen LogP contribution in [0.3, 0.4) is 0 Å². The second kappa shape index (κ2) is 6.05. The summed E-state index contributed by atoms with van der Waals surface area (Å²) in [7, 11) is 0. The topological polar surface area (TPSA) is 85.2 Å². The van der Waals surface area contributed by atoms with Crippen molar-refractivity contribution < 1.29 is 9.63 Å². The number of phenols is 1. The van der Waals surface area contributed by atoms with Gasteiger partial charge in [0.05, 0.1) is 6.04 Å². The van der Waals surface area contributed by atoms with E-state index in [0.29, 0.717) is 17.5 Å². The smallest absolute Gasteiger partial charge is 0.243 e. The first-order valence-electron chi connectivity index (χ1n) is 6.92. The Bertz CT molecular complexity index is 570. The third kappa shape index (κ3) is 2.99. The molecule has 0 unspecified atom stereocenters. The van der Waals surface area contributed by atoms with Crippen LogP contribution in [0.1, 0.15) is 49.2 Å². The molecule has 0 fully saturated rings. The molecule has 20 heavy (non-hydrogen) atoms. The second-order valence-electron chi connectivity index (χ2n) is 5.16. The van der Waals surface area contributed by atoms with Crippen molar-refractivity contribution in [2.24, 2.45) is 5.73 Å². The van der Waals surface area contributed by atoms with Crippen LogP contribution in [0, 0.1) is 13.8 Å². The van der Waals surface area contributed by atoms with Crippen molar-refractivity contribution in [3.8, 4) is 17.1 Å². The van der Waals surface area contributed by atoms with Gasteiger partial charge in [-0.1, -0.05) is 24.9 Å². The normalized spacial score (nSPS) is 12.6. The van der Waals surface area contributed by atoms with Gasteiger partial charge in [0.1, 0.15) is 5.75 Å². The summed E-state index contributed by atoms with van der Waals surface area (Å²) in [6, 6.07) is 3.47. The molecule has 5 heteroatoms. The van der Waals surface area contributed by atoms with Gasteiger partial charge in [-0.15, -0.1) is 0 Å². The summed E-state index contributed by atoms with van der Waals surface area (Å²) in [6.45, 7) is 5.81. The fourth-order valence-corrected chi connectivity index (χ4v) is 2.14. The van der Waals surface area contributed by atoms with Crippen molar-refractivity contribution in [3.05, 3.63) is 29.2 Å². The zero-order valence-electron chi connectivity index (χ0n) is 12.2. The highest BCUT2D eigenvalue weighted by molar-refractivity contribution is 5.60. The summed E-state index contributed by atoms with van der Waals surface area (Å²) in [4.78, 5) is 4.36. The van der Waals surface area contributed by atoms with Crippen LogP contribution in [0.15, 0.2) is 16.7 Å². The lowest BCUT2D eigenvalue weighted by molar-refractivity contribution is 0.346. The lowest BCUT2D eigenvalue weighted by atomic mass is 10.1. The van der Waals surface area contributed by atoms with Crippen LogP contribution < -0.4 is 5.73 Å². The van der Waals surface area contributed by atoms with E-state index in [1.165, 1.54) is 0 Å². The van der Waals surface area contributed by atoms with E-state index in [9.17, 15) is 5.11 Å². The predicted octanol–water partition coefficient (Wildman–Crippen LogP) is 3.25. The molecule has 1 heterocycles. The summed E-state index contributed by atoms with van der Waals surface area (Å²) >= 11 is 0. The molecule has 2 aromatic rings. The Morgan fingerprint density at radius 2 is 1.95 bits per heavy atom. The Hall–Kier alpha value is -1.88. The zero-order valence-corrected chi connectivity index (χ0v) is 12.2. The average Bonchev–Trinajstić information content (AvgIpc) is 2.91. The number of aromatic hydroxyl groups is 1. The fraction of sp³-hybridized carbons (Fsp3) is 0.467. The molecule has 0 radical (unpaired) electrons. The standard InChI is InChI=1S/C15H21N3O2/c1-4-5-6-12(16)15-17-14(18-20-15)11-7-9(2)13(19)10(3)8-11/h7-8,12,19H,4-6,16H2,1-3H3/t12-/m0/s1. The van der Waals surface area contributed by atoms with E-state index in [4.69, 9.17) is 10.3 Å². The first-order valence-corrected chi connectivity index (χ1v) is 6.92. The van der Waals surface area contributed by atoms with Crippen molar-refractivity contribution >= 4 is 0 Å². The number of aromatic nitrogens is 2. The van der Waals surface area contributed by atoms with Crippen LogP contribution in [0.5, 0.6) is 5.75 Å². The summed E-state index contributed by atoms with van der Waals surface area (Å²) in [6.07, 6.45) is 2.97. The Morgan fingerprint density at radius 1 is 1.30 bits per heavy atom. The molecule has 108 valence electrons. The van der Waals surface area contributed by atoms with Crippen molar-refractivity contribution in [2.75, 3.05) is 0 Å². The van der Waals surface area contributed by atoms with E-state index >= 15 is 0 Å². The predicted molar refractivity (Wildman–Crippen MR) is 77.3 cm³/mol. The van der Waals surface area contributed by atoms with Crippen molar-refractivity contribution in [1.29, 1.82) is 0 Å². The molecule has 0 saturated heterocycles. The molecule has 1 aromatic carbocycles. The first kappa shape index (κ1) is 14.5. The van der Waals surface area contributed by atoms with Gasteiger partial charge in [-0.2, -0.15) is 4.98 Å². The van der Waals surface area contributed by atoms with E-state index in [1.807, 2.05) is 26.0 Å². The van der Waals surface area contributed by atoms with Crippen molar-refractivity contribution in [3.63, 3.8) is 0 Å². The van der Waals surface area contributed by atoms with Crippen molar-refractivity contribution in [2.45, 2.75) is 46.1 Å². The Kier molecular flexibility index (Phi) is 4.39. The third-order valence-corrected chi connectivity index (χ3v) is 3.38. The minimum Gasteiger partial charge on any atom is -0.507 e. The molecule has 0 aliphatic rings. The second-order valence-corrected chi connectivity index (χ2v) is 5.16. The maximum absolute atomic E-state index is 9.78. The SMILES string of the molecule is CCCC[C@H](N)c1nc(-c2cc(C)c(O)c(C)c2)no1. The molecule has 3 N–H and O–H groups in total. The summed E-state index contributed by atoms with van der Waals surface area (Å²) in [5.74, 6) is 1.28. The molecule has 0 spiro atoms. The highest BCUT2D eigenvalue weighted by Gasteiger charge is 2.16. The first-order chi connectivity index (χ1) is 9.52. The zero-order chi connectivity index (χ0) is 14.7. The Morgan fingerprint density at radius 3 is 2.55 bits per heavy atom. The van der Waals surface area contributed by atoms with E-state index in [1.54, 1.807) is 0 Å². The lowest BCUT2D eigenvalue weighted by Crippen LogP contribution is -2.10. The molecule has 1 atom stereocenters. The molecule has 0 bridgehead atoms. The third-order valence-electron chi connectivity index (χ3n) is 3.38. The lowest BCUT2D eigenvalue weighted by Gasteiger charge is -2.05. The number of phenolic OH excluding ortho intramolecular Hbond substituents is 1. The average molecular weight is 275 g/mol. The molecule has 2 rings (SSSR count). The van der Waals surface area contributed by atoms with E-state index in [-0.39, 0.29) is 6.04 Å². The van der Waals surface area contributed by atoms with Crippen LogP contribution in [0.4, 0.5) is 0 Å². The number of nitrogens with two attached hydrogens (primary N) is 1. The van der Waals surface area contributed by atoms with Gasteiger partial charge in [0.25, 0.3) is 0 Å². The highest BCUT2D eigenvalue weighted by Crippen LogP contribution is 2.28. The number of nitrogens with zero attached hydrogens (tertiary/aromatic N) is 2. The van der Waals surface area contributed by atoms with Gasteiger partial charge in [-0.3, -0.25) is 0 Å². The summed E-state index contributed by atoms with van der Waals surface area (Å²) in [5.41, 5.74) is 8.44. The largest absolute Gasteiger partial charge is 0.507 e. The van der Waals surface area contributed by atoms with E-state index in [0.717, 1.165) is 36.0 Å². The number of rotatable bonds is 5. The number of hydrogen-bond acceptors (Lipinski definition) is 5. The molecule has 1 aromatic heterocycles. The van der Waals surface area contributed by atoms with E-state index < -0.39 is 0 Å². The molecular weight excluding hydrogens is 254 g/mol. The van der Waals surface area contributed by atoms with E-state index in [2.05, 4.69) is 17.1 Å². The molecule has 0 amide bonds. The molecular formula is C15H21N3O2. The fourth-order valence-electron chi connectivity index (χ4n) is 2.14. The number of aryl methyl sites for hydroxylation is 2. The van der Waals surface area contributed by atoms with Crippen LogP contribution in [-0.2, 0) is 0 Å². The molecule has 5 nitrogen and oxygen atoms in total. The Labute approximate surface area is 118 Å². The number of hydrogen-bond donors (Lipinski definition) is 2. The monoisotopic (exact) mass is 275 g/mol. The number of benzene rings is 1. The van der Waals surface area contributed by atoms with Crippen LogP contribution in [0.2, 0.25) is 0 Å². The van der Waals surface area contributed by atoms with Crippen LogP contribution in [-0.4, -0.2) is 15.2 Å². The number of unbranched alkanes of at least 4 members (excludes halogenated alkanes) is 1. The van der Waals surface area contributed by atoms with Gasteiger partial charge in [0.15, 0.2) is 0 Å².